The van der Waals surface area contributed by atoms with E-state index in [0.29, 0.717) is 25.0 Å². The fourth-order valence-corrected chi connectivity index (χ4v) is 1.57. The molecule has 1 atom stereocenters. The predicted octanol–water partition coefficient (Wildman–Crippen LogP) is 2.01. The smallest absolute Gasteiger partial charge is 0.168 e. The van der Waals surface area contributed by atoms with Gasteiger partial charge in [0.05, 0.1) is 13.2 Å². The highest BCUT2D eigenvalue weighted by Gasteiger charge is 2.36. The second-order valence-electron chi connectivity index (χ2n) is 3.09. The molecular formula is C8H15ClO2. The van der Waals surface area contributed by atoms with Crippen molar-refractivity contribution in [1.82, 2.24) is 0 Å². The van der Waals surface area contributed by atoms with Gasteiger partial charge < -0.3 is 9.47 Å². The maximum atomic E-state index is 5.63. The zero-order valence-corrected chi connectivity index (χ0v) is 7.86. The van der Waals surface area contributed by atoms with Crippen LogP contribution >= 0.6 is 11.6 Å². The zero-order chi connectivity index (χ0) is 8.32. The highest BCUT2D eigenvalue weighted by atomic mass is 35.5. The van der Waals surface area contributed by atoms with Gasteiger partial charge in [-0.05, 0) is 13.3 Å². The summed E-state index contributed by atoms with van der Waals surface area (Å²) in [5.74, 6) is 0.667. The van der Waals surface area contributed by atoms with Gasteiger partial charge in [-0.15, -0.1) is 11.6 Å². The molecule has 1 unspecified atom stereocenters. The third kappa shape index (κ3) is 2.08. The summed E-state index contributed by atoms with van der Waals surface area (Å²) in [5, 5.41) is 0. The molecule has 0 aromatic heterocycles. The summed E-state index contributed by atoms with van der Waals surface area (Å²) in [6.45, 7) is 5.51. The summed E-state index contributed by atoms with van der Waals surface area (Å²) in [5.41, 5.74) is 0. The minimum absolute atomic E-state index is 0.377. The van der Waals surface area contributed by atoms with Gasteiger partial charge in [-0.25, -0.2) is 0 Å². The Hall–Kier alpha value is 0.210. The van der Waals surface area contributed by atoms with Crippen molar-refractivity contribution in [3.05, 3.63) is 0 Å². The van der Waals surface area contributed by atoms with E-state index in [4.69, 9.17) is 21.1 Å². The zero-order valence-electron chi connectivity index (χ0n) is 7.10. The minimum Gasteiger partial charge on any atom is -0.348 e. The molecule has 0 radical (unpaired) electrons. The van der Waals surface area contributed by atoms with E-state index in [9.17, 15) is 0 Å². The Labute approximate surface area is 72.8 Å². The van der Waals surface area contributed by atoms with Crippen molar-refractivity contribution in [3.63, 3.8) is 0 Å². The van der Waals surface area contributed by atoms with E-state index in [1.807, 2.05) is 6.92 Å². The van der Waals surface area contributed by atoms with Crippen molar-refractivity contribution in [2.75, 3.05) is 19.1 Å². The summed E-state index contributed by atoms with van der Waals surface area (Å²) < 4.78 is 10.9. The first-order valence-electron chi connectivity index (χ1n) is 4.03. The first-order chi connectivity index (χ1) is 5.19. The maximum Gasteiger partial charge on any atom is 0.168 e. The first kappa shape index (κ1) is 9.30. The Kier molecular flexibility index (Phi) is 3.16. The summed E-state index contributed by atoms with van der Waals surface area (Å²) in [6, 6.07) is 0. The summed E-state index contributed by atoms with van der Waals surface area (Å²) in [7, 11) is 0. The lowest BCUT2D eigenvalue weighted by Crippen LogP contribution is -2.34. The average Bonchev–Trinajstić information content (AvgIpc) is 2.38. The number of rotatable bonds is 3. The van der Waals surface area contributed by atoms with Gasteiger partial charge >= 0.3 is 0 Å². The molecule has 0 N–H and O–H groups in total. The van der Waals surface area contributed by atoms with Crippen molar-refractivity contribution < 1.29 is 9.47 Å². The molecule has 1 fully saturated rings. The SMILES string of the molecule is CC(CCCl)C1(C)OCCO1. The van der Waals surface area contributed by atoms with Crippen molar-refractivity contribution in [3.8, 4) is 0 Å². The monoisotopic (exact) mass is 178 g/mol. The quantitative estimate of drug-likeness (QED) is 0.616. The maximum absolute atomic E-state index is 5.63. The van der Waals surface area contributed by atoms with Crippen LogP contribution < -0.4 is 0 Å². The summed E-state index contributed by atoms with van der Waals surface area (Å²) in [4.78, 5) is 0. The highest BCUT2D eigenvalue weighted by molar-refractivity contribution is 6.17. The molecule has 0 aliphatic carbocycles. The Morgan fingerprint density at radius 3 is 2.45 bits per heavy atom. The van der Waals surface area contributed by atoms with E-state index in [1.165, 1.54) is 0 Å². The van der Waals surface area contributed by atoms with Crippen LogP contribution in [0, 0.1) is 5.92 Å². The van der Waals surface area contributed by atoms with Crippen LogP contribution in [0.3, 0.4) is 0 Å². The number of halogens is 1. The van der Waals surface area contributed by atoms with Crippen molar-refractivity contribution in [2.45, 2.75) is 26.1 Å². The normalized spacial score (nSPS) is 25.4. The van der Waals surface area contributed by atoms with Crippen LogP contribution in [-0.2, 0) is 9.47 Å². The molecule has 0 bridgehead atoms. The van der Waals surface area contributed by atoms with Crippen LogP contribution in [0.25, 0.3) is 0 Å². The van der Waals surface area contributed by atoms with E-state index in [1.54, 1.807) is 0 Å². The molecule has 0 saturated carbocycles. The molecule has 1 aliphatic heterocycles. The molecule has 2 nitrogen and oxygen atoms in total. The Morgan fingerprint density at radius 2 is 2.00 bits per heavy atom. The van der Waals surface area contributed by atoms with E-state index >= 15 is 0 Å². The van der Waals surface area contributed by atoms with Gasteiger partial charge in [-0.1, -0.05) is 6.92 Å². The third-order valence-electron chi connectivity index (χ3n) is 2.30. The predicted molar refractivity (Wildman–Crippen MR) is 44.8 cm³/mol. The summed E-state index contributed by atoms with van der Waals surface area (Å²) in [6.07, 6.45) is 0.943. The molecule has 1 heterocycles. The largest absolute Gasteiger partial charge is 0.348 e. The van der Waals surface area contributed by atoms with Crippen LogP contribution in [0.1, 0.15) is 20.3 Å². The molecule has 3 heteroatoms. The first-order valence-corrected chi connectivity index (χ1v) is 4.56. The Balaban J connectivity index is 2.42. The van der Waals surface area contributed by atoms with Gasteiger partial charge in [0.1, 0.15) is 0 Å². The van der Waals surface area contributed by atoms with Gasteiger partial charge in [0.25, 0.3) is 0 Å². The molecule has 0 spiro atoms. The van der Waals surface area contributed by atoms with E-state index in [0.717, 1.165) is 6.42 Å². The molecule has 0 aromatic rings. The van der Waals surface area contributed by atoms with Crippen molar-refractivity contribution >= 4 is 11.6 Å². The topological polar surface area (TPSA) is 18.5 Å². The highest BCUT2D eigenvalue weighted by Crippen LogP contribution is 2.29. The van der Waals surface area contributed by atoms with Crippen LogP contribution in [-0.4, -0.2) is 24.9 Å². The van der Waals surface area contributed by atoms with Gasteiger partial charge in [-0.2, -0.15) is 0 Å². The number of hydrogen-bond donors (Lipinski definition) is 0. The standard InChI is InChI=1S/C8H15ClO2/c1-7(3-4-9)8(2)10-5-6-11-8/h7H,3-6H2,1-2H3. The molecule has 66 valence electrons. The second kappa shape index (κ2) is 3.74. The van der Waals surface area contributed by atoms with Gasteiger partial charge in [0.2, 0.25) is 0 Å². The van der Waals surface area contributed by atoms with Crippen LogP contribution in [0.2, 0.25) is 0 Å². The van der Waals surface area contributed by atoms with Crippen LogP contribution in [0.15, 0.2) is 0 Å². The van der Waals surface area contributed by atoms with E-state index in [-0.39, 0.29) is 5.79 Å². The van der Waals surface area contributed by atoms with Crippen molar-refractivity contribution in [1.29, 1.82) is 0 Å². The average molecular weight is 179 g/mol. The number of hydrogen-bond acceptors (Lipinski definition) is 2. The fraction of sp³-hybridized carbons (Fsp3) is 1.00. The second-order valence-corrected chi connectivity index (χ2v) is 3.47. The Morgan fingerprint density at radius 1 is 1.45 bits per heavy atom. The lowest BCUT2D eigenvalue weighted by molar-refractivity contribution is -0.177. The molecule has 1 aliphatic rings. The minimum atomic E-state index is -0.380. The number of ether oxygens (including phenoxy) is 2. The number of alkyl halides is 1. The van der Waals surface area contributed by atoms with Gasteiger partial charge in [0, 0.05) is 11.8 Å². The van der Waals surface area contributed by atoms with Crippen LogP contribution in [0.5, 0.6) is 0 Å². The van der Waals surface area contributed by atoms with E-state index < -0.39 is 0 Å². The van der Waals surface area contributed by atoms with E-state index in [2.05, 4.69) is 6.92 Å². The molecule has 11 heavy (non-hydrogen) atoms. The molecular weight excluding hydrogens is 164 g/mol. The molecule has 1 rings (SSSR count). The summed E-state index contributed by atoms with van der Waals surface area (Å²) >= 11 is 5.63. The lowest BCUT2D eigenvalue weighted by Gasteiger charge is -2.28. The molecule has 1 saturated heterocycles. The van der Waals surface area contributed by atoms with Crippen molar-refractivity contribution in [2.24, 2.45) is 5.92 Å². The Bertz CT molecular complexity index is 121. The molecule has 0 aromatic carbocycles. The fourth-order valence-electron chi connectivity index (χ4n) is 1.24. The van der Waals surface area contributed by atoms with Gasteiger partial charge in [-0.3, -0.25) is 0 Å². The molecule has 0 amide bonds. The lowest BCUT2D eigenvalue weighted by atomic mass is 10.00. The third-order valence-corrected chi connectivity index (χ3v) is 2.52. The van der Waals surface area contributed by atoms with Crippen LogP contribution in [0.4, 0.5) is 0 Å². The van der Waals surface area contributed by atoms with Gasteiger partial charge in [0.15, 0.2) is 5.79 Å².